The van der Waals surface area contributed by atoms with Gasteiger partial charge in [0.1, 0.15) is 18.6 Å². The second kappa shape index (κ2) is 5.77. The SMILES string of the molecule is O=Cc1cccc(OCc2ccccc2[N+](=O)[O-])c1. The predicted octanol–water partition coefficient (Wildman–Crippen LogP) is 2.99. The van der Waals surface area contributed by atoms with Crippen molar-refractivity contribution in [3.05, 3.63) is 69.8 Å². The van der Waals surface area contributed by atoms with E-state index in [2.05, 4.69) is 0 Å². The van der Waals surface area contributed by atoms with Crippen LogP contribution in [-0.4, -0.2) is 11.2 Å². The second-order valence-corrected chi connectivity index (χ2v) is 3.86. The van der Waals surface area contributed by atoms with Gasteiger partial charge in [-0.1, -0.05) is 24.3 Å². The van der Waals surface area contributed by atoms with Gasteiger partial charge in [0.05, 0.1) is 10.5 Å². The molecule has 2 aromatic rings. The van der Waals surface area contributed by atoms with Crippen molar-refractivity contribution in [2.75, 3.05) is 0 Å². The molecule has 0 fully saturated rings. The fraction of sp³-hybridized carbons (Fsp3) is 0.0714. The van der Waals surface area contributed by atoms with E-state index < -0.39 is 4.92 Å². The van der Waals surface area contributed by atoms with Crippen molar-refractivity contribution < 1.29 is 14.5 Å². The number of nitrogens with zero attached hydrogens (tertiary/aromatic N) is 1. The molecule has 0 N–H and O–H groups in total. The lowest BCUT2D eigenvalue weighted by Gasteiger charge is -2.07. The molecule has 0 bridgehead atoms. The Balaban J connectivity index is 2.14. The Labute approximate surface area is 109 Å². The third-order valence-corrected chi connectivity index (χ3v) is 2.58. The number of rotatable bonds is 5. The van der Waals surface area contributed by atoms with Gasteiger partial charge in [0.2, 0.25) is 0 Å². The summed E-state index contributed by atoms with van der Waals surface area (Å²) < 4.78 is 5.46. The number of hydrogen-bond acceptors (Lipinski definition) is 4. The lowest BCUT2D eigenvalue weighted by molar-refractivity contribution is -0.385. The highest BCUT2D eigenvalue weighted by molar-refractivity contribution is 5.75. The smallest absolute Gasteiger partial charge is 0.276 e. The summed E-state index contributed by atoms with van der Waals surface area (Å²) >= 11 is 0. The zero-order chi connectivity index (χ0) is 13.7. The van der Waals surface area contributed by atoms with Crippen molar-refractivity contribution in [3.8, 4) is 5.75 Å². The first kappa shape index (κ1) is 12.8. The minimum atomic E-state index is -0.444. The minimum Gasteiger partial charge on any atom is -0.489 e. The molecule has 5 nitrogen and oxygen atoms in total. The summed E-state index contributed by atoms with van der Waals surface area (Å²) in [4.78, 5) is 21.0. The fourth-order valence-electron chi connectivity index (χ4n) is 1.65. The summed E-state index contributed by atoms with van der Waals surface area (Å²) in [5.41, 5.74) is 1.01. The van der Waals surface area contributed by atoms with Crippen LogP contribution in [0.1, 0.15) is 15.9 Å². The lowest BCUT2D eigenvalue weighted by atomic mass is 10.2. The molecule has 0 aliphatic carbocycles. The van der Waals surface area contributed by atoms with E-state index in [0.29, 0.717) is 16.9 Å². The highest BCUT2D eigenvalue weighted by atomic mass is 16.6. The maximum atomic E-state index is 10.8. The van der Waals surface area contributed by atoms with Gasteiger partial charge < -0.3 is 4.74 Å². The molecular formula is C14H11NO4. The molecule has 0 aliphatic heterocycles. The topological polar surface area (TPSA) is 69.4 Å². The monoisotopic (exact) mass is 257 g/mol. The molecule has 5 heteroatoms. The third-order valence-electron chi connectivity index (χ3n) is 2.58. The summed E-state index contributed by atoms with van der Waals surface area (Å²) in [7, 11) is 0. The predicted molar refractivity (Wildman–Crippen MR) is 69.3 cm³/mol. The van der Waals surface area contributed by atoms with Gasteiger partial charge in [0.15, 0.2) is 0 Å². The molecule has 2 rings (SSSR count). The first-order valence-corrected chi connectivity index (χ1v) is 5.61. The minimum absolute atomic E-state index is 0.0223. The zero-order valence-corrected chi connectivity index (χ0v) is 9.98. The van der Waals surface area contributed by atoms with Gasteiger partial charge in [0.25, 0.3) is 5.69 Å². The van der Waals surface area contributed by atoms with Gasteiger partial charge in [-0.05, 0) is 18.2 Å². The van der Waals surface area contributed by atoms with Gasteiger partial charge in [-0.15, -0.1) is 0 Å². The number of para-hydroxylation sites is 1. The van der Waals surface area contributed by atoms with E-state index in [-0.39, 0.29) is 12.3 Å². The Morgan fingerprint density at radius 3 is 2.68 bits per heavy atom. The molecular weight excluding hydrogens is 246 g/mol. The Kier molecular flexibility index (Phi) is 3.87. The average molecular weight is 257 g/mol. The first-order valence-electron chi connectivity index (χ1n) is 5.61. The van der Waals surface area contributed by atoms with E-state index in [1.807, 2.05) is 0 Å². The van der Waals surface area contributed by atoms with Crippen molar-refractivity contribution in [2.45, 2.75) is 6.61 Å². The van der Waals surface area contributed by atoms with Crippen LogP contribution in [0.5, 0.6) is 5.75 Å². The molecule has 0 heterocycles. The quantitative estimate of drug-likeness (QED) is 0.469. The number of aldehydes is 1. The van der Waals surface area contributed by atoms with Crippen LogP contribution in [0, 0.1) is 10.1 Å². The molecule has 2 aromatic carbocycles. The maximum Gasteiger partial charge on any atom is 0.276 e. The molecule has 96 valence electrons. The maximum absolute atomic E-state index is 10.8. The number of carbonyl (C=O) groups excluding carboxylic acids is 1. The first-order chi connectivity index (χ1) is 9.20. The van der Waals surface area contributed by atoms with Crippen LogP contribution in [0.4, 0.5) is 5.69 Å². The molecule has 0 spiro atoms. The zero-order valence-electron chi connectivity index (χ0n) is 9.98. The van der Waals surface area contributed by atoms with Crippen LogP contribution in [0.25, 0.3) is 0 Å². The highest BCUT2D eigenvalue weighted by Gasteiger charge is 2.12. The molecule has 0 aromatic heterocycles. The van der Waals surface area contributed by atoms with Gasteiger partial charge in [0, 0.05) is 11.6 Å². The van der Waals surface area contributed by atoms with Crippen molar-refractivity contribution in [2.24, 2.45) is 0 Å². The summed E-state index contributed by atoms with van der Waals surface area (Å²) in [5, 5.41) is 10.8. The molecule has 0 saturated heterocycles. The normalized spacial score (nSPS) is 9.89. The van der Waals surface area contributed by atoms with Crippen molar-refractivity contribution in [3.63, 3.8) is 0 Å². The van der Waals surface area contributed by atoms with E-state index in [0.717, 1.165) is 6.29 Å². The van der Waals surface area contributed by atoms with Crippen molar-refractivity contribution in [1.29, 1.82) is 0 Å². The Hall–Kier alpha value is -2.69. The van der Waals surface area contributed by atoms with Gasteiger partial charge in [-0.25, -0.2) is 0 Å². The highest BCUT2D eigenvalue weighted by Crippen LogP contribution is 2.20. The van der Waals surface area contributed by atoms with E-state index in [9.17, 15) is 14.9 Å². The van der Waals surface area contributed by atoms with E-state index >= 15 is 0 Å². The second-order valence-electron chi connectivity index (χ2n) is 3.86. The molecule has 0 radical (unpaired) electrons. The Morgan fingerprint density at radius 1 is 1.16 bits per heavy atom. The number of hydrogen-bond donors (Lipinski definition) is 0. The number of benzene rings is 2. The molecule has 0 unspecified atom stereocenters. The Morgan fingerprint density at radius 2 is 1.95 bits per heavy atom. The standard InChI is InChI=1S/C14H11NO4/c16-9-11-4-3-6-13(8-11)19-10-12-5-1-2-7-14(12)15(17)18/h1-9H,10H2. The number of nitro groups is 1. The van der Waals surface area contributed by atoms with Gasteiger partial charge in [-0.2, -0.15) is 0 Å². The van der Waals surface area contributed by atoms with E-state index in [1.54, 1.807) is 42.5 Å². The van der Waals surface area contributed by atoms with Crippen molar-refractivity contribution in [1.82, 2.24) is 0 Å². The number of carbonyl (C=O) groups is 1. The molecule has 19 heavy (non-hydrogen) atoms. The average Bonchev–Trinajstić information content (AvgIpc) is 2.45. The summed E-state index contributed by atoms with van der Waals surface area (Å²) in [6.07, 6.45) is 0.720. The largest absolute Gasteiger partial charge is 0.489 e. The third kappa shape index (κ3) is 3.16. The number of nitro benzene ring substituents is 1. The molecule has 0 amide bonds. The fourth-order valence-corrected chi connectivity index (χ4v) is 1.65. The van der Waals surface area contributed by atoms with Crippen LogP contribution < -0.4 is 4.74 Å². The van der Waals surface area contributed by atoms with E-state index in [1.165, 1.54) is 6.07 Å². The van der Waals surface area contributed by atoms with Gasteiger partial charge in [-0.3, -0.25) is 14.9 Å². The van der Waals surface area contributed by atoms with E-state index in [4.69, 9.17) is 4.74 Å². The Bertz CT molecular complexity index is 610. The van der Waals surface area contributed by atoms with Gasteiger partial charge >= 0.3 is 0 Å². The van der Waals surface area contributed by atoms with Crippen molar-refractivity contribution >= 4 is 12.0 Å². The van der Waals surface area contributed by atoms with Crippen LogP contribution in [0.15, 0.2) is 48.5 Å². The molecule has 0 aliphatic rings. The van der Waals surface area contributed by atoms with Crippen LogP contribution in [0.3, 0.4) is 0 Å². The number of ether oxygens (including phenoxy) is 1. The van der Waals surface area contributed by atoms with Crippen LogP contribution in [-0.2, 0) is 6.61 Å². The molecule has 0 atom stereocenters. The summed E-state index contributed by atoms with van der Waals surface area (Å²) in [6.45, 7) is 0.0828. The lowest BCUT2D eigenvalue weighted by Crippen LogP contribution is -2.00. The van der Waals surface area contributed by atoms with Crippen LogP contribution in [0.2, 0.25) is 0 Å². The molecule has 0 saturated carbocycles. The summed E-state index contributed by atoms with van der Waals surface area (Å²) in [5.74, 6) is 0.503. The van der Waals surface area contributed by atoms with Crippen LogP contribution >= 0.6 is 0 Å². The summed E-state index contributed by atoms with van der Waals surface area (Å²) in [6, 6.07) is 13.0.